The normalized spacial score (nSPS) is 11.7. The van der Waals surface area contributed by atoms with Crippen molar-refractivity contribution in [3.8, 4) is 11.5 Å². The molecule has 0 aliphatic heterocycles. The Hall–Kier alpha value is -1.72. The number of amides is 1. The maximum absolute atomic E-state index is 12.0. The van der Waals surface area contributed by atoms with Crippen LogP contribution in [0.5, 0.6) is 11.5 Å². The lowest BCUT2D eigenvalue weighted by Gasteiger charge is -2.14. The molecule has 1 atom stereocenters. The van der Waals surface area contributed by atoms with E-state index in [-0.39, 0.29) is 18.6 Å². The van der Waals surface area contributed by atoms with Gasteiger partial charge in [0.25, 0.3) is 5.91 Å². The minimum Gasteiger partial charge on any atom is -0.491 e. The van der Waals surface area contributed by atoms with Gasteiger partial charge in [-0.15, -0.1) is 0 Å². The summed E-state index contributed by atoms with van der Waals surface area (Å²) in [6, 6.07) is 12.5. The zero-order valence-electron chi connectivity index (χ0n) is 13.5. The van der Waals surface area contributed by atoms with E-state index in [9.17, 15) is 4.79 Å². The van der Waals surface area contributed by atoms with Crippen LogP contribution in [0.3, 0.4) is 0 Å². The molecule has 24 heavy (non-hydrogen) atoms. The highest BCUT2D eigenvalue weighted by Gasteiger charge is 2.08. The first-order chi connectivity index (χ1) is 11.5. The molecule has 2 aromatic carbocycles. The first-order valence-corrected chi connectivity index (χ1v) is 8.79. The number of nitrogens with one attached hydrogen (secondary N) is 1. The SMILES string of the molecule is CCC(C)Oc1cccc(NC(=O)COc2ccc(Br)cc2Cl)c1. The van der Waals surface area contributed by atoms with Gasteiger partial charge < -0.3 is 14.8 Å². The van der Waals surface area contributed by atoms with E-state index < -0.39 is 0 Å². The van der Waals surface area contributed by atoms with Gasteiger partial charge >= 0.3 is 0 Å². The van der Waals surface area contributed by atoms with Gasteiger partial charge in [-0.1, -0.05) is 40.5 Å². The molecule has 0 spiro atoms. The molecule has 0 aliphatic carbocycles. The van der Waals surface area contributed by atoms with Crippen LogP contribution < -0.4 is 14.8 Å². The average molecular weight is 413 g/mol. The van der Waals surface area contributed by atoms with E-state index in [4.69, 9.17) is 21.1 Å². The average Bonchev–Trinajstić information content (AvgIpc) is 2.54. The van der Waals surface area contributed by atoms with E-state index in [2.05, 4.69) is 28.2 Å². The predicted octanol–water partition coefficient (Wildman–Crippen LogP) is 5.30. The fourth-order valence-electron chi connectivity index (χ4n) is 1.90. The molecular formula is C18H19BrClNO3. The van der Waals surface area contributed by atoms with E-state index in [1.165, 1.54) is 0 Å². The van der Waals surface area contributed by atoms with Crippen molar-refractivity contribution in [3.05, 3.63) is 52.0 Å². The molecule has 6 heteroatoms. The highest BCUT2D eigenvalue weighted by atomic mass is 79.9. The van der Waals surface area contributed by atoms with Crippen molar-refractivity contribution in [2.75, 3.05) is 11.9 Å². The molecule has 1 N–H and O–H groups in total. The van der Waals surface area contributed by atoms with Crippen molar-refractivity contribution in [2.45, 2.75) is 26.4 Å². The Kier molecular flexibility index (Phi) is 6.94. The molecule has 0 aromatic heterocycles. The summed E-state index contributed by atoms with van der Waals surface area (Å²) in [4.78, 5) is 12.0. The number of ether oxygens (including phenoxy) is 2. The number of hydrogen-bond donors (Lipinski definition) is 1. The van der Waals surface area contributed by atoms with Gasteiger partial charge in [-0.3, -0.25) is 4.79 Å². The van der Waals surface area contributed by atoms with Gasteiger partial charge in [0.2, 0.25) is 0 Å². The molecule has 0 radical (unpaired) electrons. The Bertz CT molecular complexity index is 708. The van der Waals surface area contributed by atoms with Crippen LogP contribution in [-0.2, 0) is 4.79 Å². The number of anilines is 1. The second kappa shape index (κ2) is 8.94. The number of carbonyl (C=O) groups is 1. The summed E-state index contributed by atoms with van der Waals surface area (Å²) in [5.41, 5.74) is 0.659. The third-order valence-corrected chi connectivity index (χ3v) is 4.07. The Morgan fingerprint density at radius 1 is 1.29 bits per heavy atom. The fourth-order valence-corrected chi connectivity index (χ4v) is 2.62. The smallest absolute Gasteiger partial charge is 0.262 e. The maximum atomic E-state index is 12.0. The minimum absolute atomic E-state index is 0.124. The number of benzene rings is 2. The van der Waals surface area contributed by atoms with E-state index in [1.54, 1.807) is 30.3 Å². The largest absolute Gasteiger partial charge is 0.491 e. The second-order valence-corrected chi connectivity index (χ2v) is 6.60. The van der Waals surface area contributed by atoms with Crippen LogP contribution in [0.15, 0.2) is 46.9 Å². The van der Waals surface area contributed by atoms with Crippen molar-refractivity contribution in [1.82, 2.24) is 0 Å². The summed E-state index contributed by atoms with van der Waals surface area (Å²) in [5.74, 6) is 0.914. The summed E-state index contributed by atoms with van der Waals surface area (Å²) >= 11 is 9.37. The Morgan fingerprint density at radius 3 is 2.79 bits per heavy atom. The van der Waals surface area contributed by atoms with E-state index in [0.717, 1.165) is 16.6 Å². The van der Waals surface area contributed by atoms with Crippen LogP contribution in [0.2, 0.25) is 5.02 Å². The predicted molar refractivity (Wildman–Crippen MR) is 100 cm³/mol. The molecular weight excluding hydrogens is 394 g/mol. The standard InChI is InChI=1S/C18H19BrClNO3/c1-3-12(2)24-15-6-4-5-14(10-15)21-18(22)11-23-17-8-7-13(19)9-16(17)20/h4-10,12H,3,11H2,1-2H3,(H,21,22). The van der Waals surface area contributed by atoms with Crippen LogP contribution >= 0.6 is 27.5 Å². The molecule has 128 valence electrons. The minimum atomic E-state index is -0.269. The van der Waals surface area contributed by atoms with Crippen LogP contribution in [0.4, 0.5) is 5.69 Å². The van der Waals surface area contributed by atoms with Crippen LogP contribution in [-0.4, -0.2) is 18.6 Å². The van der Waals surface area contributed by atoms with Gasteiger partial charge in [0.05, 0.1) is 11.1 Å². The number of hydrogen-bond acceptors (Lipinski definition) is 3. The van der Waals surface area contributed by atoms with Gasteiger partial charge in [-0.05, 0) is 43.7 Å². The monoisotopic (exact) mass is 411 g/mol. The molecule has 0 saturated carbocycles. The zero-order chi connectivity index (χ0) is 17.5. The lowest BCUT2D eigenvalue weighted by molar-refractivity contribution is -0.118. The lowest BCUT2D eigenvalue weighted by Crippen LogP contribution is -2.20. The van der Waals surface area contributed by atoms with Gasteiger partial charge in [-0.2, -0.15) is 0 Å². The van der Waals surface area contributed by atoms with Crippen LogP contribution in [0, 0.1) is 0 Å². The number of rotatable bonds is 7. The molecule has 0 fully saturated rings. The van der Waals surface area contributed by atoms with Crippen molar-refractivity contribution >= 4 is 39.1 Å². The summed E-state index contributed by atoms with van der Waals surface area (Å²) in [5, 5.41) is 3.22. The Balaban J connectivity index is 1.91. The first-order valence-electron chi connectivity index (χ1n) is 7.62. The molecule has 1 amide bonds. The Morgan fingerprint density at radius 2 is 2.08 bits per heavy atom. The van der Waals surface area contributed by atoms with Crippen LogP contribution in [0.25, 0.3) is 0 Å². The Labute approximate surface area is 155 Å². The fraction of sp³-hybridized carbons (Fsp3) is 0.278. The lowest BCUT2D eigenvalue weighted by atomic mass is 10.2. The quantitative estimate of drug-likeness (QED) is 0.671. The highest BCUT2D eigenvalue weighted by Crippen LogP contribution is 2.27. The summed E-state index contributed by atoms with van der Waals surface area (Å²) in [6.07, 6.45) is 1.04. The van der Waals surface area contributed by atoms with Crippen molar-refractivity contribution < 1.29 is 14.3 Å². The molecule has 2 rings (SSSR count). The van der Waals surface area contributed by atoms with Crippen LogP contribution in [0.1, 0.15) is 20.3 Å². The molecule has 0 saturated heterocycles. The van der Waals surface area contributed by atoms with Gasteiger partial charge in [0.15, 0.2) is 6.61 Å². The third kappa shape index (κ3) is 5.73. The van der Waals surface area contributed by atoms with Gasteiger partial charge in [-0.25, -0.2) is 0 Å². The number of carbonyl (C=O) groups excluding carboxylic acids is 1. The molecule has 0 heterocycles. The van der Waals surface area contributed by atoms with E-state index in [0.29, 0.717) is 16.5 Å². The number of halogens is 2. The van der Waals surface area contributed by atoms with E-state index >= 15 is 0 Å². The zero-order valence-corrected chi connectivity index (χ0v) is 15.9. The molecule has 1 unspecified atom stereocenters. The molecule has 4 nitrogen and oxygen atoms in total. The van der Waals surface area contributed by atoms with Gasteiger partial charge in [0.1, 0.15) is 11.5 Å². The van der Waals surface area contributed by atoms with E-state index in [1.807, 2.05) is 19.1 Å². The van der Waals surface area contributed by atoms with Crippen molar-refractivity contribution in [3.63, 3.8) is 0 Å². The summed E-state index contributed by atoms with van der Waals surface area (Å²) in [6.45, 7) is 3.93. The second-order valence-electron chi connectivity index (χ2n) is 5.28. The maximum Gasteiger partial charge on any atom is 0.262 e. The molecule has 2 aromatic rings. The van der Waals surface area contributed by atoms with Crippen molar-refractivity contribution in [2.24, 2.45) is 0 Å². The summed E-state index contributed by atoms with van der Waals surface area (Å²) in [7, 11) is 0. The highest BCUT2D eigenvalue weighted by molar-refractivity contribution is 9.10. The third-order valence-electron chi connectivity index (χ3n) is 3.28. The first kappa shape index (κ1) is 18.6. The molecule has 0 bridgehead atoms. The molecule has 0 aliphatic rings. The summed E-state index contributed by atoms with van der Waals surface area (Å²) < 4.78 is 12.0. The van der Waals surface area contributed by atoms with Crippen molar-refractivity contribution in [1.29, 1.82) is 0 Å². The topological polar surface area (TPSA) is 47.6 Å². The van der Waals surface area contributed by atoms with Gasteiger partial charge in [0, 0.05) is 16.2 Å².